The topological polar surface area (TPSA) is 58.9 Å². The van der Waals surface area contributed by atoms with Gasteiger partial charge in [-0.15, -0.1) is 0 Å². The SMILES string of the molecule is COc1ccc(F)cc1[C@H](CO)OCCCC(C)(C)[Si](O)(c1ccccc1)c1ccccc1. The largest absolute Gasteiger partial charge is 0.496 e. The monoisotopic (exact) mass is 468 g/mol. The fourth-order valence-electron chi connectivity index (χ4n) is 4.43. The molecule has 0 aliphatic heterocycles. The van der Waals surface area contributed by atoms with Crippen LogP contribution in [0.1, 0.15) is 38.4 Å². The molecule has 0 fully saturated rings. The molecule has 3 aromatic carbocycles. The molecular formula is C27H33FO4Si. The third-order valence-electron chi connectivity index (χ3n) is 6.33. The minimum Gasteiger partial charge on any atom is -0.496 e. The maximum absolute atomic E-state index is 13.8. The van der Waals surface area contributed by atoms with Crippen molar-refractivity contribution in [2.24, 2.45) is 0 Å². The lowest BCUT2D eigenvalue weighted by Gasteiger charge is -2.41. The second-order valence-corrected chi connectivity index (χ2v) is 12.8. The van der Waals surface area contributed by atoms with Gasteiger partial charge in [0.1, 0.15) is 17.7 Å². The first-order valence-corrected chi connectivity index (χ1v) is 13.2. The predicted octanol–water partition coefficient (Wildman–Crippen LogP) is 4.20. The van der Waals surface area contributed by atoms with Gasteiger partial charge < -0.3 is 19.4 Å². The van der Waals surface area contributed by atoms with E-state index in [2.05, 4.69) is 13.8 Å². The van der Waals surface area contributed by atoms with Gasteiger partial charge in [0.05, 0.1) is 13.7 Å². The Kier molecular flexibility index (Phi) is 8.43. The first-order chi connectivity index (χ1) is 15.8. The fraction of sp³-hybridized carbons (Fsp3) is 0.333. The molecule has 0 saturated heterocycles. The molecule has 3 rings (SSSR count). The zero-order valence-electron chi connectivity index (χ0n) is 19.5. The van der Waals surface area contributed by atoms with Crippen molar-refractivity contribution in [1.82, 2.24) is 0 Å². The van der Waals surface area contributed by atoms with Crippen LogP contribution in [0, 0.1) is 5.82 Å². The van der Waals surface area contributed by atoms with Crippen LogP contribution in [0.15, 0.2) is 78.9 Å². The molecule has 0 aliphatic rings. The molecule has 33 heavy (non-hydrogen) atoms. The summed E-state index contributed by atoms with van der Waals surface area (Å²) in [6.45, 7) is 4.30. The summed E-state index contributed by atoms with van der Waals surface area (Å²) in [6.07, 6.45) is 0.715. The molecule has 6 heteroatoms. The van der Waals surface area contributed by atoms with Crippen LogP contribution in [-0.2, 0) is 4.74 Å². The van der Waals surface area contributed by atoms with Gasteiger partial charge in [0.2, 0.25) is 0 Å². The van der Waals surface area contributed by atoms with Crippen molar-refractivity contribution in [3.8, 4) is 5.75 Å². The minimum absolute atomic E-state index is 0.282. The molecule has 0 aliphatic carbocycles. The zero-order valence-corrected chi connectivity index (χ0v) is 20.5. The fourth-order valence-corrected chi connectivity index (χ4v) is 8.21. The van der Waals surface area contributed by atoms with Crippen LogP contribution >= 0.6 is 0 Å². The van der Waals surface area contributed by atoms with Gasteiger partial charge in [0.25, 0.3) is 8.32 Å². The number of hydrogen-bond acceptors (Lipinski definition) is 4. The summed E-state index contributed by atoms with van der Waals surface area (Å²) in [4.78, 5) is 12.2. The van der Waals surface area contributed by atoms with Crippen LogP contribution in [0.3, 0.4) is 0 Å². The Morgan fingerprint density at radius 2 is 1.52 bits per heavy atom. The summed E-state index contributed by atoms with van der Waals surface area (Å²) >= 11 is 0. The van der Waals surface area contributed by atoms with Gasteiger partial charge in [0, 0.05) is 12.2 Å². The second-order valence-electron chi connectivity index (χ2n) is 8.86. The molecule has 176 valence electrons. The summed E-state index contributed by atoms with van der Waals surface area (Å²) in [7, 11) is -1.57. The van der Waals surface area contributed by atoms with Crippen LogP contribution in [0.25, 0.3) is 0 Å². The normalized spacial score (nSPS) is 13.0. The van der Waals surface area contributed by atoms with Crippen molar-refractivity contribution in [1.29, 1.82) is 0 Å². The Morgan fingerprint density at radius 1 is 0.939 bits per heavy atom. The van der Waals surface area contributed by atoms with E-state index in [1.165, 1.54) is 25.3 Å². The first kappa shape index (κ1) is 25.1. The van der Waals surface area contributed by atoms with Gasteiger partial charge in [-0.3, -0.25) is 0 Å². The summed E-state index contributed by atoms with van der Waals surface area (Å²) in [6, 6.07) is 24.0. The standard InChI is InChI=1S/C27H33FO4Si/c1-27(2,33(30,22-11-6-4-7-12-22)23-13-8-5-9-14-23)17-10-18-32-26(20-29)24-19-21(28)15-16-25(24)31-3/h4-9,11-16,19,26,29-30H,10,17-18,20H2,1-3H3/t26-/m0/s1. The van der Waals surface area contributed by atoms with E-state index in [1.807, 2.05) is 60.7 Å². The lowest BCUT2D eigenvalue weighted by atomic mass is 10.1. The van der Waals surface area contributed by atoms with E-state index in [9.17, 15) is 14.3 Å². The van der Waals surface area contributed by atoms with Gasteiger partial charge in [-0.1, -0.05) is 74.5 Å². The van der Waals surface area contributed by atoms with E-state index < -0.39 is 20.2 Å². The highest BCUT2D eigenvalue weighted by Crippen LogP contribution is 2.40. The highest BCUT2D eigenvalue weighted by atomic mass is 28.4. The third kappa shape index (κ3) is 5.53. The van der Waals surface area contributed by atoms with E-state index in [-0.39, 0.29) is 11.6 Å². The molecule has 3 aromatic rings. The Morgan fingerprint density at radius 3 is 2.03 bits per heavy atom. The molecule has 1 atom stereocenters. The van der Waals surface area contributed by atoms with E-state index in [0.29, 0.717) is 24.3 Å². The Hall–Kier alpha value is -2.51. The molecule has 2 N–H and O–H groups in total. The Labute approximate surface area is 196 Å². The Balaban J connectivity index is 1.74. The molecule has 0 saturated carbocycles. The van der Waals surface area contributed by atoms with Crippen molar-refractivity contribution < 1.29 is 23.8 Å². The van der Waals surface area contributed by atoms with Gasteiger partial charge in [-0.2, -0.15) is 0 Å². The number of hydrogen-bond donors (Lipinski definition) is 2. The molecule has 0 heterocycles. The van der Waals surface area contributed by atoms with Gasteiger partial charge in [0.15, 0.2) is 0 Å². The third-order valence-corrected chi connectivity index (χ3v) is 10.9. The Bertz CT molecular complexity index is 972. The quantitative estimate of drug-likeness (QED) is 0.327. The van der Waals surface area contributed by atoms with E-state index >= 15 is 0 Å². The van der Waals surface area contributed by atoms with Crippen LogP contribution in [0.4, 0.5) is 4.39 Å². The first-order valence-electron chi connectivity index (χ1n) is 11.2. The van der Waals surface area contributed by atoms with Crippen LogP contribution in [0.2, 0.25) is 5.04 Å². The highest BCUT2D eigenvalue weighted by molar-refractivity contribution is 6.98. The maximum atomic E-state index is 13.8. The molecule has 0 amide bonds. The summed E-state index contributed by atoms with van der Waals surface area (Å²) in [5.74, 6) is 0.0708. The van der Waals surface area contributed by atoms with Crippen molar-refractivity contribution >= 4 is 18.7 Å². The minimum atomic E-state index is -3.08. The molecule has 0 unspecified atom stereocenters. The van der Waals surface area contributed by atoms with Gasteiger partial charge in [-0.25, -0.2) is 4.39 Å². The van der Waals surface area contributed by atoms with Crippen LogP contribution < -0.4 is 15.1 Å². The lowest BCUT2D eigenvalue weighted by Crippen LogP contribution is -2.65. The lowest BCUT2D eigenvalue weighted by molar-refractivity contribution is 0.00769. The molecular weight excluding hydrogens is 435 g/mol. The molecule has 0 bridgehead atoms. The van der Waals surface area contributed by atoms with E-state index in [4.69, 9.17) is 9.47 Å². The smallest absolute Gasteiger partial charge is 0.258 e. The highest BCUT2D eigenvalue weighted by Gasteiger charge is 2.49. The second kappa shape index (κ2) is 11.1. The number of aliphatic hydroxyl groups is 1. The zero-order chi connectivity index (χ0) is 23.9. The molecule has 0 radical (unpaired) electrons. The number of benzene rings is 3. The number of aliphatic hydroxyl groups excluding tert-OH is 1. The van der Waals surface area contributed by atoms with E-state index in [0.717, 1.165) is 16.8 Å². The number of methoxy groups -OCH3 is 1. The molecule has 0 aromatic heterocycles. The predicted molar refractivity (Wildman–Crippen MR) is 132 cm³/mol. The number of rotatable bonds is 11. The average Bonchev–Trinajstić information content (AvgIpc) is 2.84. The van der Waals surface area contributed by atoms with E-state index in [1.54, 1.807) is 0 Å². The number of halogens is 1. The maximum Gasteiger partial charge on any atom is 0.258 e. The van der Waals surface area contributed by atoms with Gasteiger partial charge >= 0.3 is 0 Å². The van der Waals surface area contributed by atoms with Crippen LogP contribution in [-0.4, -0.2) is 38.5 Å². The van der Waals surface area contributed by atoms with Gasteiger partial charge in [-0.05, 0) is 46.5 Å². The summed E-state index contributed by atoms with van der Waals surface area (Å²) in [5.41, 5.74) is 0.485. The van der Waals surface area contributed by atoms with Crippen LogP contribution in [0.5, 0.6) is 5.75 Å². The van der Waals surface area contributed by atoms with Crippen molar-refractivity contribution in [3.05, 3.63) is 90.2 Å². The average molecular weight is 469 g/mol. The molecule has 4 nitrogen and oxygen atoms in total. The molecule has 0 spiro atoms. The van der Waals surface area contributed by atoms with Crippen molar-refractivity contribution in [2.45, 2.75) is 37.8 Å². The summed E-state index contributed by atoms with van der Waals surface area (Å²) < 4.78 is 25.0. The van der Waals surface area contributed by atoms with Crippen molar-refractivity contribution in [2.75, 3.05) is 20.3 Å². The number of ether oxygens (including phenoxy) is 2. The summed E-state index contributed by atoms with van der Waals surface area (Å²) in [5, 5.41) is 11.4. The van der Waals surface area contributed by atoms with Crippen molar-refractivity contribution in [3.63, 3.8) is 0 Å².